The Morgan fingerprint density at radius 1 is 1.38 bits per heavy atom. The molecule has 0 bridgehead atoms. The van der Waals surface area contributed by atoms with Gasteiger partial charge in [-0.15, -0.1) is 0 Å². The Bertz CT molecular complexity index is 401. The summed E-state index contributed by atoms with van der Waals surface area (Å²) in [6.45, 7) is 0. The maximum atomic E-state index is 6.17. The van der Waals surface area contributed by atoms with E-state index in [4.69, 9.17) is 15.2 Å². The van der Waals surface area contributed by atoms with Gasteiger partial charge >= 0.3 is 0 Å². The van der Waals surface area contributed by atoms with E-state index in [1.807, 2.05) is 18.2 Å². The molecule has 0 spiro atoms. The van der Waals surface area contributed by atoms with Crippen molar-refractivity contribution < 1.29 is 9.47 Å². The van der Waals surface area contributed by atoms with Crippen LogP contribution >= 0.6 is 0 Å². The van der Waals surface area contributed by atoms with E-state index < -0.39 is 0 Å². The molecule has 16 heavy (non-hydrogen) atoms. The Kier molecular flexibility index (Phi) is 2.28. The minimum absolute atomic E-state index is 0.111. The first kappa shape index (κ1) is 9.97. The lowest BCUT2D eigenvalue weighted by Gasteiger charge is -2.30. The van der Waals surface area contributed by atoms with Crippen LogP contribution in [0.15, 0.2) is 18.2 Å². The van der Waals surface area contributed by atoms with Crippen LogP contribution in [0, 0.1) is 5.92 Å². The van der Waals surface area contributed by atoms with Crippen molar-refractivity contribution in [2.24, 2.45) is 11.7 Å². The van der Waals surface area contributed by atoms with E-state index in [2.05, 4.69) is 0 Å². The van der Waals surface area contributed by atoms with Crippen LogP contribution in [0.25, 0.3) is 0 Å². The molecule has 3 rings (SSSR count). The first-order chi connectivity index (χ1) is 7.78. The van der Waals surface area contributed by atoms with Gasteiger partial charge in [0.25, 0.3) is 0 Å². The van der Waals surface area contributed by atoms with E-state index in [0.717, 1.165) is 29.4 Å². The van der Waals surface area contributed by atoms with Gasteiger partial charge in [0.2, 0.25) is 0 Å². The summed E-state index contributed by atoms with van der Waals surface area (Å²) >= 11 is 0. The van der Waals surface area contributed by atoms with Crippen LogP contribution in [-0.4, -0.2) is 13.2 Å². The summed E-state index contributed by atoms with van der Waals surface area (Å²) in [5, 5.41) is 0. The molecule has 1 aliphatic carbocycles. The summed E-state index contributed by atoms with van der Waals surface area (Å²) in [7, 11) is 1.67. The van der Waals surface area contributed by atoms with E-state index in [0.29, 0.717) is 6.10 Å². The first-order valence-electron chi connectivity index (χ1n) is 5.88. The second kappa shape index (κ2) is 3.67. The van der Waals surface area contributed by atoms with Crippen LogP contribution in [0.2, 0.25) is 0 Å². The number of hydrogen-bond acceptors (Lipinski definition) is 3. The van der Waals surface area contributed by atoms with Crippen LogP contribution < -0.4 is 15.2 Å². The predicted molar refractivity (Wildman–Crippen MR) is 61.7 cm³/mol. The minimum atomic E-state index is 0.111. The zero-order valence-electron chi connectivity index (χ0n) is 9.48. The van der Waals surface area contributed by atoms with Gasteiger partial charge in [-0.05, 0) is 24.8 Å². The molecule has 86 valence electrons. The van der Waals surface area contributed by atoms with Crippen molar-refractivity contribution >= 4 is 0 Å². The number of ether oxygens (including phenoxy) is 2. The molecule has 2 aliphatic rings. The molecule has 0 amide bonds. The van der Waals surface area contributed by atoms with Gasteiger partial charge in [0.15, 0.2) is 0 Å². The molecule has 3 heteroatoms. The van der Waals surface area contributed by atoms with E-state index in [1.165, 1.54) is 12.8 Å². The van der Waals surface area contributed by atoms with E-state index in [1.54, 1.807) is 7.11 Å². The average molecular weight is 219 g/mol. The highest BCUT2D eigenvalue weighted by Crippen LogP contribution is 2.44. The van der Waals surface area contributed by atoms with E-state index in [9.17, 15) is 0 Å². The summed E-state index contributed by atoms with van der Waals surface area (Å²) in [6, 6.07) is 6.02. The van der Waals surface area contributed by atoms with Gasteiger partial charge in [0.1, 0.15) is 17.6 Å². The summed E-state index contributed by atoms with van der Waals surface area (Å²) in [6.07, 6.45) is 3.84. The molecule has 1 saturated carbocycles. The van der Waals surface area contributed by atoms with Crippen LogP contribution in [0.3, 0.4) is 0 Å². The SMILES string of the molecule is COc1ccc2c(c1)OC(C1CC1)C[C@H]2N. The van der Waals surface area contributed by atoms with Crippen LogP contribution in [0.4, 0.5) is 0 Å². The molecule has 2 atom stereocenters. The normalized spacial score (nSPS) is 28.1. The third kappa shape index (κ3) is 1.65. The van der Waals surface area contributed by atoms with Gasteiger partial charge in [-0.2, -0.15) is 0 Å². The number of nitrogens with two attached hydrogens (primary N) is 1. The molecule has 0 radical (unpaired) electrons. The third-order valence-corrected chi connectivity index (χ3v) is 3.53. The average Bonchev–Trinajstić information content (AvgIpc) is 3.12. The summed E-state index contributed by atoms with van der Waals surface area (Å²) in [5.41, 5.74) is 7.28. The highest BCUT2D eigenvalue weighted by atomic mass is 16.5. The fourth-order valence-electron chi connectivity index (χ4n) is 2.40. The Morgan fingerprint density at radius 3 is 2.88 bits per heavy atom. The second-order valence-corrected chi connectivity index (χ2v) is 4.74. The zero-order valence-corrected chi connectivity index (χ0v) is 9.48. The van der Waals surface area contributed by atoms with Gasteiger partial charge in [-0.3, -0.25) is 0 Å². The summed E-state index contributed by atoms with van der Waals surface area (Å²) < 4.78 is 11.2. The van der Waals surface area contributed by atoms with Crippen molar-refractivity contribution in [1.82, 2.24) is 0 Å². The molecule has 0 aromatic heterocycles. The van der Waals surface area contributed by atoms with Gasteiger partial charge < -0.3 is 15.2 Å². The Balaban J connectivity index is 1.91. The fraction of sp³-hybridized carbons (Fsp3) is 0.538. The van der Waals surface area contributed by atoms with E-state index in [-0.39, 0.29) is 6.04 Å². The molecule has 2 N–H and O–H groups in total. The van der Waals surface area contributed by atoms with Gasteiger partial charge in [-0.25, -0.2) is 0 Å². The Morgan fingerprint density at radius 2 is 2.19 bits per heavy atom. The van der Waals surface area contributed by atoms with Gasteiger partial charge in [0.05, 0.1) is 7.11 Å². The molecule has 1 fully saturated rings. The lowest BCUT2D eigenvalue weighted by Crippen LogP contribution is -2.30. The summed E-state index contributed by atoms with van der Waals surface area (Å²) in [5.74, 6) is 2.47. The van der Waals surface area contributed by atoms with Gasteiger partial charge in [0, 0.05) is 24.1 Å². The van der Waals surface area contributed by atoms with Crippen molar-refractivity contribution in [3.63, 3.8) is 0 Å². The largest absolute Gasteiger partial charge is 0.497 e. The van der Waals surface area contributed by atoms with Crippen molar-refractivity contribution in [2.75, 3.05) is 7.11 Å². The number of fused-ring (bicyclic) bond motifs is 1. The topological polar surface area (TPSA) is 44.5 Å². The van der Waals surface area contributed by atoms with Crippen molar-refractivity contribution in [3.05, 3.63) is 23.8 Å². The number of benzene rings is 1. The van der Waals surface area contributed by atoms with Gasteiger partial charge in [-0.1, -0.05) is 6.07 Å². The van der Waals surface area contributed by atoms with Crippen molar-refractivity contribution in [1.29, 1.82) is 0 Å². The predicted octanol–water partition coefficient (Wildman–Crippen LogP) is 2.26. The summed E-state index contributed by atoms with van der Waals surface area (Å²) in [4.78, 5) is 0. The molecule has 1 aromatic carbocycles. The fourth-order valence-corrected chi connectivity index (χ4v) is 2.40. The monoisotopic (exact) mass is 219 g/mol. The Labute approximate surface area is 95.5 Å². The minimum Gasteiger partial charge on any atom is -0.497 e. The van der Waals surface area contributed by atoms with Crippen LogP contribution in [0.5, 0.6) is 11.5 Å². The molecule has 1 aliphatic heterocycles. The highest BCUT2D eigenvalue weighted by molar-refractivity contribution is 5.44. The number of hydrogen-bond donors (Lipinski definition) is 1. The van der Waals surface area contributed by atoms with Crippen LogP contribution in [-0.2, 0) is 0 Å². The van der Waals surface area contributed by atoms with E-state index >= 15 is 0 Å². The molecule has 1 heterocycles. The molecular formula is C13H17NO2. The number of rotatable bonds is 2. The smallest absolute Gasteiger partial charge is 0.128 e. The first-order valence-corrected chi connectivity index (χ1v) is 5.88. The quantitative estimate of drug-likeness (QED) is 0.829. The molecule has 3 nitrogen and oxygen atoms in total. The van der Waals surface area contributed by atoms with Crippen molar-refractivity contribution in [2.45, 2.75) is 31.4 Å². The number of methoxy groups -OCH3 is 1. The highest BCUT2D eigenvalue weighted by Gasteiger charge is 2.37. The molecular weight excluding hydrogens is 202 g/mol. The molecule has 1 unspecified atom stereocenters. The zero-order chi connectivity index (χ0) is 11.1. The lowest BCUT2D eigenvalue weighted by molar-refractivity contribution is 0.137. The lowest BCUT2D eigenvalue weighted by atomic mass is 9.95. The standard InChI is InChI=1S/C13H17NO2/c1-15-9-4-5-10-11(14)7-12(8-2-3-8)16-13(10)6-9/h4-6,8,11-12H,2-3,7,14H2,1H3/t11-,12?/m1/s1. The van der Waals surface area contributed by atoms with Crippen LogP contribution in [0.1, 0.15) is 30.9 Å². The Hall–Kier alpha value is -1.22. The molecule has 0 saturated heterocycles. The second-order valence-electron chi connectivity index (χ2n) is 4.74. The third-order valence-electron chi connectivity index (χ3n) is 3.53. The maximum absolute atomic E-state index is 6.17. The van der Waals surface area contributed by atoms with Crippen molar-refractivity contribution in [3.8, 4) is 11.5 Å². The maximum Gasteiger partial charge on any atom is 0.128 e. The molecule has 1 aromatic rings.